The summed E-state index contributed by atoms with van der Waals surface area (Å²) in [5.41, 5.74) is 2.11. The molecule has 0 bridgehead atoms. The maximum Gasteiger partial charge on any atom is 0.341 e. The van der Waals surface area contributed by atoms with Crippen molar-refractivity contribution in [3.63, 3.8) is 0 Å². The lowest BCUT2D eigenvalue weighted by atomic mass is 10.0. The highest BCUT2D eigenvalue weighted by molar-refractivity contribution is 5.97. The molecule has 0 amide bonds. The third kappa shape index (κ3) is 3.69. The molecule has 0 aliphatic rings. The summed E-state index contributed by atoms with van der Waals surface area (Å²) in [5, 5.41) is 0. The second kappa shape index (κ2) is 7.45. The highest BCUT2D eigenvalue weighted by Crippen LogP contribution is 2.29. The Balaban J connectivity index is 2.40. The fourth-order valence-electron chi connectivity index (χ4n) is 2.21. The first-order chi connectivity index (χ1) is 11.1. The molecule has 0 aliphatic heterocycles. The SMILES string of the molecule is COC(=O)c1ccc(C(=O)OC)c(OCc2ccccc2)c1C. The first-order valence-corrected chi connectivity index (χ1v) is 7.05. The van der Waals surface area contributed by atoms with Gasteiger partial charge in [0.2, 0.25) is 0 Å². The van der Waals surface area contributed by atoms with E-state index in [9.17, 15) is 9.59 Å². The van der Waals surface area contributed by atoms with Gasteiger partial charge in [-0.3, -0.25) is 0 Å². The number of esters is 2. The van der Waals surface area contributed by atoms with Crippen LogP contribution in [0.15, 0.2) is 42.5 Å². The number of carbonyl (C=O) groups excluding carboxylic acids is 2. The number of benzene rings is 2. The van der Waals surface area contributed by atoms with E-state index >= 15 is 0 Å². The number of ether oxygens (including phenoxy) is 3. The van der Waals surface area contributed by atoms with Crippen LogP contribution in [0.3, 0.4) is 0 Å². The van der Waals surface area contributed by atoms with E-state index in [0.29, 0.717) is 16.9 Å². The van der Waals surface area contributed by atoms with E-state index in [2.05, 4.69) is 0 Å². The molecule has 120 valence electrons. The average Bonchev–Trinajstić information content (AvgIpc) is 2.60. The van der Waals surface area contributed by atoms with Crippen LogP contribution in [0.4, 0.5) is 0 Å². The summed E-state index contributed by atoms with van der Waals surface area (Å²) in [4.78, 5) is 23.7. The molecule has 2 aromatic rings. The number of methoxy groups -OCH3 is 2. The van der Waals surface area contributed by atoms with Gasteiger partial charge in [0, 0.05) is 5.56 Å². The molecule has 2 rings (SSSR count). The van der Waals surface area contributed by atoms with Crippen LogP contribution in [0.25, 0.3) is 0 Å². The molecular formula is C18H18O5. The maximum absolute atomic E-state index is 11.9. The van der Waals surface area contributed by atoms with Gasteiger partial charge in [-0.2, -0.15) is 0 Å². The van der Waals surface area contributed by atoms with Crippen LogP contribution in [-0.4, -0.2) is 26.2 Å². The zero-order valence-corrected chi connectivity index (χ0v) is 13.3. The minimum absolute atomic E-state index is 0.272. The molecule has 0 heterocycles. The number of rotatable bonds is 5. The van der Waals surface area contributed by atoms with Crippen LogP contribution in [-0.2, 0) is 16.1 Å². The Morgan fingerprint density at radius 2 is 1.43 bits per heavy atom. The Hall–Kier alpha value is -2.82. The first-order valence-electron chi connectivity index (χ1n) is 7.05. The van der Waals surface area contributed by atoms with Gasteiger partial charge in [0.05, 0.1) is 19.8 Å². The van der Waals surface area contributed by atoms with Crippen LogP contribution in [0.5, 0.6) is 5.75 Å². The van der Waals surface area contributed by atoms with E-state index in [-0.39, 0.29) is 12.2 Å². The van der Waals surface area contributed by atoms with Gasteiger partial charge in [-0.15, -0.1) is 0 Å². The third-order valence-corrected chi connectivity index (χ3v) is 3.44. The minimum atomic E-state index is -0.521. The van der Waals surface area contributed by atoms with Gasteiger partial charge in [-0.25, -0.2) is 9.59 Å². The Labute approximate surface area is 134 Å². The summed E-state index contributed by atoms with van der Waals surface area (Å²) in [6.07, 6.45) is 0. The van der Waals surface area contributed by atoms with Gasteiger partial charge in [0.25, 0.3) is 0 Å². The molecule has 0 atom stereocenters. The molecule has 5 heteroatoms. The number of hydrogen-bond donors (Lipinski definition) is 0. The molecule has 0 fully saturated rings. The summed E-state index contributed by atoms with van der Waals surface area (Å²) in [6.45, 7) is 1.98. The Kier molecular flexibility index (Phi) is 5.36. The Bertz CT molecular complexity index is 707. The highest BCUT2D eigenvalue weighted by Gasteiger charge is 2.21. The van der Waals surface area contributed by atoms with E-state index in [0.717, 1.165) is 5.56 Å². The van der Waals surface area contributed by atoms with Crippen molar-refractivity contribution in [2.45, 2.75) is 13.5 Å². The van der Waals surface area contributed by atoms with Crippen LogP contribution in [0.1, 0.15) is 31.8 Å². The molecule has 0 spiro atoms. The molecule has 2 aromatic carbocycles. The zero-order valence-electron chi connectivity index (χ0n) is 13.3. The predicted molar refractivity (Wildman–Crippen MR) is 84.6 cm³/mol. The third-order valence-electron chi connectivity index (χ3n) is 3.44. The van der Waals surface area contributed by atoms with E-state index in [1.54, 1.807) is 6.92 Å². The lowest BCUT2D eigenvalue weighted by Gasteiger charge is -2.15. The van der Waals surface area contributed by atoms with Gasteiger partial charge < -0.3 is 14.2 Å². The topological polar surface area (TPSA) is 61.8 Å². The fourth-order valence-corrected chi connectivity index (χ4v) is 2.21. The molecule has 0 saturated heterocycles. The van der Waals surface area contributed by atoms with Gasteiger partial charge in [-0.1, -0.05) is 30.3 Å². The summed E-state index contributed by atoms with van der Waals surface area (Å²) in [5.74, 6) is -0.681. The molecule has 0 N–H and O–H groups in total. The normalized spacial score (nSPS) is 10.0. The molecule has 0 unspecified atom stereocenters. The average molecular weight is 314 g/mol. The number of hydrogen-bond acceptors (Lipinski definition) is 5. The minimum Gasteiger partial charge on any atom is -0.488 e. The highest BCUT2D eigenvalue weighted by atomic mass is 16.5. The van der Waals surface area contributed by atoms with Gasteiger partial charge >= 0.3 is 11.9 Å². The van der Waals surface area contributed by atoms with Gasteiger partial charge in [-0.05, 0) is 24.6 Å². The lowest BCUT2D eigenvalue weighted by molar-refractivity contribution is 0.0581. The molecule has 0 radical (unpaired) electrons. The van der Waals surface area contributed by atoms with Crippen molar-refractivity contribution < 1.29 is 23.8 Å². The molecular weight excluding hydrogens is 296 g/mol. The molecule has 0 saturated carbocycles. The summed E-state index contributed by atoms with van der Waals surface area (Å²) in [6, 6.07) is 12.6. The number of carbonyl (C=O) groups is 2. The van der Waals surface area contributed by atoms with Crippen molar-refractivity contribution in [2.24, 2.45) is 0 Å². The largest absolute Gasteiger partial charge is 0.488 e. The molecule has 23 heavy (non-hydrogen) atoms. The van der Waals surface area contributed by atoms with E-state index < -0.39 is 11.9 Å². The van der Waals surface area contributed by atoms with Crippen molar-refractivity contribution in [1.29, 1.82) is 0 Å². The smallest absolute Gasteiger partial charge is 0.341 e. The summed E-state index contributed by atoms with van der Waals surface area (Å²) in [7, 11) is 2.60. The maximum atomic E-state index is 11.9. The van der Waals surface area contributed by atoms with Crippen LogP contribution in [0, 0.1) is 6.92 Å². The fraction of sp³-hybridized carbons (Fsp3) is 0.222. The second-order valence-electron chi connectivity index (χ2n) is 4.87. The Morgan fingerprint density at radius 3 is 2.04 bits per heavy atom. The van der Waals surface area contributed by atoms with Crippen molar-refractivity contribution >= 4 is 11.9 Å². The van der Waals surface area contributed by atoms with Crippen molar-refractivity contribution in [2.75, 3.05) is 14.2 Å². The quantitative estimate of drug-likeness (QED) is 0.793. The molecule has 0 aromatic heterocycles. The summed E-state index contributed by atoms with van der Waals surface area (Å²) >= 11 is 0. The van der Waals surface area contributed by atoms with Crippen LogP contribution in [0.2, 0.25) is 0 Å². The van der Waals surface area contributed by atoms with Gasteiger partial charge in [0.1, 0.15) is 17.9 Å². The van der Waals surface area contributed by atoms with E-state index in [1.807, 2.05) is 30.3 Å². The van der Waals surface area contributed by atoms with Crippen LogP contribution >= 0.6 is 0 Å². The van der Waals surface area contributed by atoms with Crippen molar-refractivity contribution in [3.05, 3.63) is 64.7 Å². The monoisotopic (exact) mass is 314 g/mol. The molecule has 5 nitrogen and oxygen atoms in total. The lowest BCUT2D eigenvalue weighted by Crippen LogP contribution is -2.11. The molecule has 0 aliphatic carbocycles. The Morgan fingerprint density at radius 1 is 0.870 bits per heavy atom. The van der Waals surface area contributed by atoms with Gasteiger partial charge in [0.15, 0.2) is 0 Å². The summed E-state index contributed by atoms with van der Waals surface area (Å²) < 4.78 is 15.3. The van der Waals surface area contributed by atoms with E-state index in [4.69, 9.17) is 14.2 Å². The second-order valence-corrected chi connectivity index (χ2v) is 4.87. The zero-order chi connectivity index (χ0) is 16.8. The predicted octanol–water partition coefficient (Wildman–Crippen LogP) is 3.15. The van der Waals surface area contributed by atoms with Crippen molar-refractivity contribution in [1.82, 2.24) is 0 Å². The van der Waals surface area contributed by atoms with E-state index in [1.165, 1.54) is 26.4 Å². The standard InChI is InChI=1S/C18H18O5/c1-12-14(17(19)21-2)9-10-15(18(20)22-3)16(12)23-11-13-7-5-4-6-8-13/h4-10H,11H2,1-3H3. The van der Waals surface area contributed by atoms with Crippen molar-refractivity contribution in [3.8, 4) is 5.75 Å². The first kappa shape index (κ1) is 16.5. The van der Waals surface area contributed by atoms with Crippen LogP contribution < -0.4 is 4.74 Å².